The molecule has 0 aliphatic rings. The SMILES string of the molecule is C#Cc1csc2cc([C@@H](C)NC(=O)c3c(N)nn4cccnc34)c(-c3ccccc3)nc12. The van der Waals surface area contributed by atoms with Crippen molar-refractivity contribution in [1.82, 2.24) is 24.9 Å². The highest BCUT2D eigenvalue weighted by Crippen LogP contribution is 2.34. The van der Waals surface area contributed by atoms with E-state index in [1.807, 2.05) is 48.7 Å². The van der Waals surface area contributed by atoms with E-state index in [2.05, 4.69) is 21.3 Å². The van der Waals surface area contributed by atoms with Crippen molar-refractivity contribution in [2.75, 3.05) is 5.73 Å². The number of carbonyl (C=O) groups excluding carboxylic acids is 1. The molecule has 0 spiro atoms. The lowest BCUT2D eigenvalue weighted by atomic mass is 9.99. The van der Waals surface area contributed by atoms with E-state index in [4.69, 9.17) is 17.1 Å². The van der Waals surface area contributed by atoms with E-state index >= 15 is 0 Å². The maximum absolute atomic E-state index is 13.2. The van der Waals surface area contributed by atoms with Crippen LogP contribution >= 0.6 is 11.3 Å². The second-order valence-corrected chi connectivity index (χ2v) is 8.19. The highest BCUT2D eigenvalue weighted by molar-refractivity contribution is 7.17. The molecule has 0 aliphatic carbocycles. The van der Waals surface area contributed by atoms with Gasteiger partial charge in [0.15, 0.2) is 11.5 Å². The van der Waals surface area contributed by atoms with Gasteiger partial charge >= 0.3 is 0 Å². The molecular weight excluding hydrogens is 420 g/mol. The van der Waals surface area contributed by atoms with E-state index in [9.17, 15) is 4.79 Å². The van der Waals surface area contributed by atoms with Crippen LogP contribution < -0.4 is 11.1 Å². The molecule has 0 radical (unpaired) electrons. The molecule has 156 valence electrons. The number of thiophene rings is 1. The van der Waals surface area contributed by atoms with Crippen LogP contribution in [0.2, 0.25) is 0 Å². The Morgan fingerprint density at radius 1 is 1.28 bits per heavy atom. The number of nitrogens with zero attached hydrogens (tertiary/aromatic N) is 4. The van der Waals surface area contributed by atoms with Crippen LogP contribution in [0.25, 0.3) is 27.1 Å². The third kappa shape index (κ3) is 3.25. The molecule has 0 bridgehead atoms. The summed E-state index contributed by atoms with van der Waals surface area (Å²) in [6.45, 7) is 1.91. The first-order chi connectivity index (χ1) is 15.6. The van der Waals surface area contributed by atoms with E-state index in [0.29, 0.717) is 5.65 Å². The lowest BCUT2D eigenvalue weighted by molar-refractivity contribution is 0.0942. The van der Waals surface area contributed by atoms with Crippen molar-refractivity contribution < 1.29 is 4.79 Å². The van der Waals surface area contributed by atoms with E-state index < -0.39 is 0 Å². The second-order valence-electron chi connectivity index (χ2n) is 7.28. The number of nitrogens with one attached hydrogen (secondary N) is 1. The Morgan fingerprint density at radius 2 is 2.09 bits per heavy atom. The first-order valence-electron chi connectivity index (χ1n) is 9.90. The van der Waals surface area contributed by atoms with Gasteiger partial charge in [-0.2, -0.15) is 0 Å². The minimum atomic E-state index is -0.357. The first-order valence-corrected chi connectivity index (χ1v) is 10.8. The summed E-state index contributed by atoms with van der Waals surface area (Å²) in [6, 6.07) is 13.2. The summed E-state index contributed by atoms with van der Waals surface area (Å²) in [5, 5.41) is 9.13. The minimum Gasteiger partial charge on any atom is -0.381 e. The Labute approximate surface area is 187 Å². The first kappa shape index (κ1) is 19.7. The molecule has 7 nitrogen and oxygen atoms in total. The molecule has 0 saturated carbocycles. The number of terminal acetylenes is 1. The maximum atomic E-state index is 13.2. The van der Waals surface area contributed by atoms with Gasteiger partial charge in [-0.25, -0.2) is 14.5 Å². The highest BCUT2D eigenvalue weighted by Gasteiger charge is 2.23. The van der Waals surface area contributed by atoms with Gasteiger partial charge in [0.05, 0.1) is 27.5 Å². The normalized spacial score (nSPS) is 12.0. The Morgan fingerprint density at radius 3 is 2.88 bits per heavy atom. The number of anilines is 1. The molecule has 0 aliphatic heterocycles. The van der Waals surface area contributed by atoms with Crippen LogP contribution in [0.15, 0.2) is 60.2 Å². The summed E-state index contributed by atoms with van der Waals surface area (Å²) in [5.41, 5.74) is 10.8. The Kier molecular flexibility index (Phi) is 4.81. The van der Waals surface area contributed by atoms with Crippen LogP contribution in [0.1, 0.15) is 34.5 Å². The Hall–Kier alpha value is -4.22. The zero-order valence-electron chi connectivity index (χ0n) is 17.1. The summed E-state index contributed by atoms with van der Waals surface area (Å²) in [7, 11) is 0. The molecule has 1 atom stereocenters. The van der Waals surface area contributed by atoms with Crippen molar-refractivity contribution in [1.29, 1.82) is 0 Å². The van der Waals surface area contributed by atoms with Crippen LogP contribution in [0.4, 0.5) is 5.82 Å². The van der Waals surface area contributed by atoms with E-state index in [1.165, 1.54) is 15.9 Å². The predicted molar refractivity (Wildman–Crippen MR) is 126 cm³/mol. The molecule has 0 saturated heterocycles. The Bertz CT molecular complexity index is 1510. The fourth-order valence-electron chi connectivity index (χ4n) is 3.70. The zero-order chi connectivity index (χ0) is 22.2. The predicted octanol–water partition coefficient (Wildman–Crippen LogP) is 4.06. The molecule has 5 aromatic rings. The second kappa shape index (κ2) is 7.80. The van der Waals surface area contributed by atoms with Gasteiger partial charge in [0.1, 0.15) is 5.56 Å². The fourth-order valence-corrected chi connectivity index (χ4v) is 4.59. The van der Waals surface area contributed by atoms with Gasteiger partial charge in [0.2, 0.25) is 0 Å². The third-order valence-corrected chi connectivity index (χ3v) is 6.16. The summed E-state index contributed by atoms with van der Waals surface area (Å²) in [5.74, 6) is 2.48. The van der Waals surface area contributed by atoms with Crippen molar-refractivity contribution in [3.8, 4) is 23.6 Å². The number of carbonyl (C=O) groups is 1. The van der Waals surface area contributed by atoms with Crippen molar-refractivity contribution in [3.05, 3.63) is 76.9 Å². The van der Waals surface area contributed by atoms with Crippen LogP contribution in [0.3, 0.4) is 0 Å². The molecule has 8 heteroatoms. The largest absolute Gasteiger partial charge is 0.381 e. The molecule has 3 N–H and O–H groups in total. The average molecular weight is 439 g/mol. The van der Waals surface area contributed by atoms with Crippen LogP contribution in [0, 0.1) is 12.3 Å². The molecule has 4 aromatic heterocycles. The smallest absolute Gasteiger partial charge is 0.259 e. The molecule has 32 heavy (non-hydrogen) atoms. The maximum Gasteiger partial charge on any atom is 0.259 e. The van der Waals surface area contributed by atoms with Crippen molar-refractivity contribution in [2.24, 2.45) is 0 Å². The monoisotopic (exact) mass is 438 g/mol. The lowest BCUT2D eigenvalue weighted by Crippen LogP contribution is -2.28. The minimum absolute atomic E-state index is 0.127. The number of hydrogen-bond acceptors (Lipinski definition) is 6. The van der Waals surface area contributed by atoms with Gasteiger partial charge in [-0.15, -0.1) is 22.9 Å². The van der Waals surface area contributed by atoms with Crippen molar-refractivity contribution >= 4 is 38.9 Å². The summed E-state index contributed by atoms with van der Waals surface area (Å²) in [6.07, 6.45) is 8.96. The topological polar surface area (TPSA) is 98.2 Å². The van der Waals surface area contributed by atoms with Gasteiger partial charge in [0, 0.05) is 28.9 Å². The number of fused-ring (bicyclic) bond motifs is 2. The number of amides is 1. The quantitative estimate of drug-likeness (QED) is 0.412. The molecule has 0 fully saturated rings. The van der Waals surface area contributed by atoms with Gasteiger partial charge in [-0.1, -0.05) is 36.3 Å². The summed E-state index contributed by atoms with van der Waals surface area (Å²) < 4.78 is 2.45. The summed E-state index contributed by atoms with van der Waals surface area (Å²) in [4.78, 5) is 22.3. The number of pyridine rings is 1. The number of nitrogen functional groups attached to an aromatic ring is 1. The number of aromatic nitrogens is 4. The van der Waals surface area contributed by atoms with E-state index in [0.717, 1.165) is 32.6 Å². The highest BCUT2D eigenvalue weighted by atomic mass is 32.1. The number of benzene rings is 1. The van der Waals surface area contributed by atoms with Gasteiger partial charge in [-0.3, -0.25) is 4.79 Å². The summed E-state index contributed by atoms with van der Waals surface area (Å²) >= 11 is 1.53. The zero-order valence-corrected chi connectivity index (χ0v) is 17.9. The molecule has 1 amide bonds. The van der Waals surface area contributed by atoms with Gasteiger partial charge < -0.3 is 11.1 Å². The Balaban J connectivity index is 1.58. The fraction of sp³-hybridized carbons (Fsp3) is 0.0833. The van der Waals surface area contributed by atoms with Gasteiger partial charge in [-0.05, 0) is 19.1 Å². The molecule has 5 rings (SSSR count). The van der Waals surface area contributed by atoms with E-state index in [-0.39, 0.29) is 23.3 Å². The standard InChI is InChI=1S/C24H18N6OS/c1-3-15-13-32-18-12-17(20(28-21(15)18)16-8-5-4-6-9-16)14(2)27-24(31)19-22(25)29-30-11-7-10-26-23(19)30/h1,4-14H,2H3,(H2,25,29)(H,27,31)/t14-/m1/s1. The molecule has 1 aromatic carbocycles. The lowest BCUT2D eigenvalue weighted by Gasteiger charge is -2.18. The molecule has 0 unspecified atom stereocenters. The van der Waals surface area contributed by atoms with E-state index in [1.54, 1.807) is 18.5 Å². The van der Waals surface area contributed by atoms with Crippen LogP contribution in [-0.2, 0) is 0 Å². The molecule has 4 heterocycles. The van der Waals surface area contributed by atoms with Gasteiger partial charge in [0.25, 0.3) is 5.91 Å². The van der Waals surface area contributed by atoms with Crippen molar-refractivity contribution in [3.63, 3.8) is 0 Å². The van der Waals surface area contributed by atoms with Crippen LogP contribution in [0.5, 0.6) is 0 Å². The third-order valence-electron chi connectivity index (χ3n) is 5.24. The number of rotatable bonds is 4. The number of hydrogen-bond donors (Lipinski definition) is 2. The average Bonchev–Trinajstić information content (AvgIpc) is 3.37. The molecular formula is C24H18N6OS. The van der Waals surface area contributed by atoms with Crippen LogP contribution in [-0.4, -0.2) is 25.5 Å². The number of nitrogens with two attached hydrogens (primary N) is 1. The van der Waals surface area contributed by atoms with Crippen molar-refractivity contribution in [2.45, 2.75) is 13.0 Å².